The zero-order valence-corrected chi connectivity index (χ0v) is 8.59. The lowest BCUT2D eigenvalue weighted by Crippen LogP contribution is -2.18. The lowest BCUT2D eigenvalue weighted by Gasteiger charge is -2.04. The second kappa shape index (κ2) is 4.99. The monoisotopic (exact) mass is 251 g/mol. The molecule has 0 bridgehead atoms. The summed E-state index contributed by atoms with van der Waals surface area (Å²) in [6, 6.07) is 0. The average Bonchev–Trinajstić information content (AvgIpc) is 1.98. The maximum absolute atomic E-state index is 11.8. The van der Waals surface area contributed by atoms with Crippen molar-refractivity contribution < 1.29 is 21.6 Å². The molecule has 0 aromatic heterocycles. The fraction of sp³-hybridized carbons (Fsp3) is 0.667. The first-order valence-electron chi connectivity index (χ1n) is 3.52. The molecular weight excluding hydrogens is 243 g/mol. The summed E-state index contributed by atoms with van der Waals surface area (Å²) in [4.78, 5) is 0. The van der Waals surface area contributed by atoms with E-state index < -0.39 is 26.8 Å². The van der Waals surface area contributed by atoms with Crippen molar-refractivity contribution >= 4 is 21.4 Å². The lowest BCUT2D eigenvalue weighted by atomic mass is 10.5. The van der Waals surface area contributed by atoms with Crippen molar-refractivity contribution in [2.45, 2.75) is 6.18 Å². The second-order valence-electron chi connectivity index (χ2n) is 2.45. The van der Waals surface area contributed by atoms with Gasteiger partial charge in [-0.1, -0.05) is 11.6 Å². The molecule has 0 unspecified atom stereocenters. The van der Waals surface area contributed by atoms with Crippen LogP contribution in [0.4, 0.5) is 13.2 Å². The molecule has 0 saturated heterocycles. The molecule has 0 aromatic carbocycles. The Morgan fingerprint density at radius 3 is 2.29 bits per heavy atom. The Balaban J connectivity index is 4.44. The van der Waals surface area contributed by atoms with Gasteiger partial charge in [-0.2, -0.15) is 13.2 Å². The highest BCUT2D eigenvalue weighted by molar-refractivity contribution is 7.91. The molecule has 0 aliphatic heterocycles. The number of alkyl halides is 3. The normalized spacial score (nSPS) is 14.5. The van der Waals surface area contributed by atoms with Gasteiger partial charge in [0.25, 0.3) is 0 Å². The third-order valence-electron chi connectivity index (χ3n) is 1.22. The minimum Gasteiger partial charge on any atom is -0.329 e. The maximum Gasteiger partial charge on any atom is 0.426 e. The molecule has 0 heterocycles. The number of sulfone groups is 1. The van der Waals surface area contributed by atoms with Crippen molar-refractivity contribution in [1.82, 2.24) is 0 Å². The number of nitrogens with two attached hydrogens (primary N) is 1. The van der Waals surface area contributed by atoms with Crippen molar-refractivity contribution in [3.05, 3.63) is 11.1 Å². The van der Waals surface area contributed by atoms with Crippen LogP contribution in [0.25, 0.3) is 0 Å². The van der Waals surface area contributed by atoms with E-state index in [0.717, 1.165) is 0 Å². The zero-order valence-electron chi connectivity index (χ0n) is 7.01. The fourth-order valence-electron chi connectivity index (χ4n) is 0.579. The lowest BCUT2D eigenvalue weighted by molar-refractivity contribution is -0.0846. The van der Waals surface area contributed by atoms with Gasteiger partial charge in [-0.25, -0.2) is 8.42 Å². The molecule has 3 nitrogen and oxygen atoms in total. The standard InChI is InChI=1S/C6H9ClF3NO2S/c7-5(6(8,9)10)1-3-14(12,13)4-2-11/h1H,2-4,11H2. The minimum absolute atomic E-state index is 0.125. The van der Waals surface area contributed by atoms with Crippen LogP contribution in [0.2, 0.25) is 0 Å². The molecule has 0 aliphatic carbocycles. The van der Waals surface area contributed by atoms with Crippen LogP contribution < -0.4 is 5.73 Å². The predicted octanol–water partition coefficient (Wildman–Crippen LogP) is 1.04. The van der Waals surface area contributed by atoms with Gasteiger partial charge >= 0.3 is 6.18 Å². The molecule has 0 spiro atoms. The van der Waals surface area contributed by atoms with Gasteiger partial charge in [0.15, 0.2) is 9.84 Å². The van der Waals surface area contributed by atoms with Crippen LogP contribution in [0.15, 0.2) is 11.1 Å². The first kappa shape index (κ1) is 13.7. The van der Waals surface area contributed by atoms with Crippen molar-refractivity contribution in [1.29, 1.82) is 0 Å². The molecule has 0 aliphatic rings. The van der Waals surface area contributed by atoms with Crippen LogP contribution in [0.3, 0.4) is 0 Å². The topological polar surface area (TPSA) is 60.2 Å². The predicted molar refractivity (Wildman–Crippen MR) is 47.7 cm³/mol. The van der Waals surface area contributed by atoms with Crippen molar-refractivity contribution in [3.8, 4) is 0 Å². The van der Waals surface area contributed by atoms with Gasteiger partial charge in [0.05, 0.1) is 11.5 Å². The summed E-state index contributed by atoms with van der Waals surface area (Å²) in [6.07, 6.45) is -4.27. The molecule has 0 fully saturated rings. The fourth-order valence-corrected chi connectivity index (χ4v) is 1.69. The summed E-state index contributed by atoms with van der Waals surface area (Å²) in [5.41, 5.74) is 4.95. The van der Waals surface area contributed by atoms with Crippen LogP contribution in [0, 0.1) is 0 Å². The third kappa shape index (κ3) is 5.46. The third-order valence-corrected chi connectivity index (χ3v) is 3.12. The first-order valence-corrected chi connectivity index (χ1v) is 5.72. The SMILES string of the molecule is NCCS(=O)(=O)CC=C(Cl)C(F)(F)F. The Bertz CT molecular complexity index is 310. The van der Waals surface area contributed by atoms with Crippen LogP contribution in [-0.4, -0.2) is 32.6 Å². The smallest absolute Gasteiger partial charge is 0.329 e. The van der Waals surface area contributed by atoms with Crippen LogP contribution in [-0.2, 0) is 9.84 Å². The number of allylic oxidation sites excluding steroid dienone is 1. The van der Waals surface area contributed by atoms with Crippen molar-refractivity contribution in [2.75, 3.05) is 18.1 Å². The molecule has 0 atom stereocenters. The van der Waals surface area contributed by atoms with E-state index in [1.54, 1.807) is 0 Å². The molecule has 0 rings (SSSR count). The second-order valence-corrected chi connectivity index (χ2v) is 5.09. The van der Waals surface area contributed by atoms with E-state index in [4.69, 9.17) is 17.3 Å². The Hall–Kier alpha value is -0.270. The number of hydrogen-bond donors (Lipinski definition) is 1. The largest absolute Gasteiger partial charge is 0.426 e. The van der Waals surface area contributed by atoms with Gasteiger partial charge < -0.3 is 5.73 Å². The van der Waals surface area contributed by atoms with E-state index in [1.807, 2.05) is 0 Å². The Labute approximate surface area is 84.6 Å². The molecule has 14 heavy (non-hydrogen) atoms. The molecule has 0 saturated carbocycles. The minimum atomic E-state index is -4.69. The highest BCUT2D eigenvalue weighted by Gasteiger charge is 2.32. The highest BCUT2D eigenvalue weighted by atomic mass is 35.5. The van der Waals surface area contributed by atoms with Gasteiger partial charge in [-0.15, -0.1) is 0 Å². The molecule has 8 heteroatoms. The maximum atomic E-state index is 11.8. The van der Waals surface area contributed by atoms with Gasteiger partial charge in [0.2, 0.25) is 0 Å². The molecular formula is C6H9ClF3NO2S. The zero-order chi connectivity index (χ0) is 11.4. The molecule has 0 amide bonds. The van der Waals surface area contributed by atoms with Crippen molar-refractivity contribution in [3.63, 3.8) is 0 Å². The van der Waals surface area contributed by atoms with Crippen LogP contribution >= 0.6 is 11.6 Å². The Morgan fingerprint density at radius 1 is 1.43 bits per heavy atom. The van der Waals surface area contributed by atoms with E-state index in [2.05, 4.69) is 0 Å². The van der Waals surface area contributed by atoms with Crippen LogP contribution in [0.1, 0.15) is 0 Å². The van der Waals surface area contributed by atoms with E-state index in [0.29, 0.717) is 6.08 Å². The van der Waals surface area contributed by atoms with Crippen molar-refractivity contribution in [2.24, 2.45) is 5.73 Å². The molecule has 0 radical (unpaired) electrons. The average molecular weight is 252 g/mol. The summed E-state index contributed by atoms with van der Waals surface area (Å²) in [6.45, 7) is -0.125. The summed E-state index contributed by atoms with van der Waals surface area (Å²) >= 11 is 4.80. The number of rotatable bonds is 4. The molecule has 0 aromatic rings. The van der Waals surface area contributed by atoms with E-state index in [-0.39, 0.29) is 12.3 Å². The van der Waals surface area contributed by atoms with E-state index in [9.17, 15) is 21.6 Å². The van der Waals surface area contributed by atoms with Gasteiger partial charge in [-0.3, -0.25) is 0 Å². The summed E-state index contributed by atoms with van der Waals surface area (Å²) in [7, 11) is -3.57. The summed E-state index contributed by atoms with van der Waals surface area (Å²) in [5.74, 6) is -1.10. The quantitative estimate of drug-likeness (QED) is 0.812. The summed E-state index contributed by atoms with van der Waals surface area (Å²) in [5, 5.41) is -1.43. The number of halogens is 4. The first-order chi connectivity index (χ1) is 6.19. The number of hydrogen-bond acceptors (Lipinski definition) is 3. The Morgan fingerprint density at radius 2 is 1.93 bits per heavy atom. The van der Waals surface area contributed by atoms with Gasteiger partial charge in [0.1, 0.15) is 5.03 Å². The Kier molecular flexibility index (Phi) is 4.90. The molecule has 84 valence electrons. The van der Waals surface area contributed by atoms with E-state index in [1.165, 1.54) is 0 Å². The van der Waals surface area contributed by atoms with Crippen LogP contribution in [0.5, 0.6) is 0 Å². The van der Waals surface area contributed by atoms with Gasteiger partial charge in [-0.05, 0) is 6.08 Å². The highest BCUT2D eigenvalue weighted by Crippen LogP contribution is 2.28. The van der Waals surface area contributed by atoms with Gasteiger partial charge in [0, 0.05) is 6.54 Å². The molecule has 2 N–H and O–H groups in total. The van der Waals surface area contributed by atoms with E-state index >= 15 is 0 Å². The summed E-state index contributed by atoms with van der Waals surface area (Å²) < 4.78 is 57.2.